The van der Waals surface area contributed by atoms with Crippen molar-refractivity contribution in [2.24, 2.45) is 5.73 Å². The van der Waals surface area contributed by atoms with Gasteiger partial charge in [0.1, 0.15) is 5.69 Å². The summed E-state index contributed by atoms with van der Waals surface area (Å²) < 4.78 is 1.54. The van der Waals surface area contributed by atoms with Gasteiger partial charge in [0.05, 0.1) is 5.69 Å². The molecule has 180 valence electrons. The molecule has 2 aromatic carbocycles. The number of aromatic nitrogens is 2. The van der Waals surface area contributed by atoms with Crippen LogP contribution in [0.5, 0.6) is 0 Å². The molecule has 0 atom stereocenters. The monoisotopic (exact) mass is 471 g/mol. The van der Waals surface area contributed by atoms with Crippen LogP contribution in [-0.2, 0) is 11.2 Å². The second kappa shape index (κ2) is 9.02. The number of anilines is 2. The fourth-order valence-electron chi connectivity index (χ4n) is 4.88. The molecule has 2 aliphatic rings. The van der Waals surface area contributed by atoms with Gasteiger partial charge in [0.25, 0.3) is 11.8 Å². The zero-order chi connectivity index (χ0) is 24.7. The van der Waals surface area contributed by atoms with Gasteiger partial charge in [0, 0.05) is 36.4 Å². The molecule has 0 radical (unpaired) electrons. The van der Waals surface area contributed by atoms with Crippen molar-refractivity contribution >= 4 is 29.1 Å². The van der Waals surface area contributed by atoms with E-state index < -0.39 is 5.91 Å². The van der Waals surface area contributed by atoms with E-state index in [-0.39, 0.29) is 17.5 Å². The first-order valence-corrected chi connectivity index (χ1v) is 12.1. The highest BCUT2D eigenvalue weighted by molar-refractivity contribution is 6.09. The third-order valence-corrected chi connectivity index (χ3v) is 6.85. The second-order valence-electron chi connectivity index (χ2n) is 9.42. The largest absolute Gasteiger partial charge is 0.364 e. The summed E-state index contributed by atoms with van der Waals surface area (Å²) in [7, 11) is 0. The van der Waals surface area contributed by atoms with Crippen LogP contribution in [0.1, 0.15) is 71.1 Å². The first-order valence-electron chi connectivity index (χ1n) is 12.1. The summed E-state index contributed by atoms with van der Waals surface area (Å²) in [6.07, 6.45) is 2.96. The lowest BCUT2D eigenvalue weighted by atomic mass is 10.0. The van der Waals surface area contributed by atoms with Gasteiger partial charge in [-0.15, -0.1) is 0 Å². The maximum atomic E-state index is 13.7. The first kappa shape index (κ1) is 22.8. The number of nitrogens with two attached hydrogens (primary N) is 1. The van der Waals surface area contributed by atoms with Crippen LogP contribution in [0.4, 0.5) is 11.4 Å². The van der Waals surface area contributed by atoms with Gasteiger partial charge < -0.3 is 15.5 Å². The number of hydrogen-bond donors (Lipinski definition) is 1. The Hall–Kier alpha value is -3.94. The van der Waals surface area contributed by atoms with Gasteiger partial charge in [-0.05, 0) is 67.1 Å². The first-order chi connectivity index (χ1) is 16.8. The van der Waals surface area contributed by atoms with E-state index in [0.717, 1.165) is 30.8 Å². The van der Waals surface area contributed by atoms with Crippen LogP contribution < -0.4 is 15.5 Å². The number of amides is 3. The van der Waals surface area contributed by atoms with E-state index in [4.69, 9.17) is 5.73 Å². The number of fused-ring (bicyclic) bond motifs is 1. The molecule has 2 aliphatic heterocycles. The Morgan fingerprint density at radius 1 is 0.857 bits per heavy atom. The van der Waals surface area contributed by atoms with E-state index in [1.165, 1.54) is 10.2 Å². The molecule has 0 spiro atoms. The zero-order valence-electron chi connectivity index (χ0n) is 20.0. The predicted octanol–water partition coefficient (Wildman–Crippen LogP) is 3.81. The summed E-state index contributed by atoms with van der Waals surface area (Å²) in [5.41, 5.74) is 10.1. The molecule has 0 aliphatic carbocycles. The third kappa shape index (κ3) is 4.09. The molecule has 2 N–H and O–H groups in total. The average Bonchev–Trinajstić information content (AvgIpc) is 3.26. The lowest BCUT2D eigenvalue weighted by Crippen LogP contribution is -2.39. The molecule has 0 unspecified atom stereocenters. The standard InChI is InChI=1S/C27H29N5O3/c1-17(2)18-6-8-21(9-7-18)32-25-22(24(29-32)26(28)34)14-16-31(27(25)35)20-12-10-19(11-13-20)30-15-4-3-5-23(30)33/h6-13,17H,3-5,14-16H2,1-2H3,(H2,28,34). The van der Waals surface area contributed by atoms with Crippen molar-refractivity contribution in [3.8, 4) is 5.69 Å². The molecule has 3 aromatic rings. The number of hydrogen-bond acceptors (Lipinski definition) is 4. The smallest absolute Gasteiger partial charge is 0.277 e. The molecule has 3 heterocycles. The normalized spacial score (nSPS) is 16.1. The summed E-state index contributed by atoms with van der Waals surface area (Å²) in [4.78, 5) is 41.6. The Bertz CT molecular complexity index is 1290. The number of rotatable bonds is 5. The molecule has 1 fully saturated rings. The summed E-state index contributed by atoms with van der Waals surface area (Å²) >= 11 is 0. The van der Waals surface area contributed by atoms with Crippen LogP contribution in [0.15, 0.2) is 48.5 Å². The van der Waals surface area contributed by atoms with Crippen molar-refractivity contribution in [1.82, 2.24) is 9.78 Å². The lowest BCUT2D eigenvalue weighted by molar-refractivity contribution is -0.119. The topological polar surface area (TPSA) is 102 Å². The van der Waals surface area contributed by atoms with Gasteiger partial charge in [-0.1, -0.05) is 26.0 Å². The van der Waals surface area contributed by atoms with Gasteiger partial charge in [0.2, 0.25) is 5.91 Å². The minimum Gasteiger partial charge on any atom is -0.364 e. The molecule has 0 bridgehead atoms. The van der Waals surface area contributed by atoms with Crippen molar-refractivity contribution in [3.63, 3.8) is 0 Å². The molecule has 35 heavy (non-hydrogen) atoms. The van der Waals surface area contributed by atoms with Crippen LogP contribution in [0.25, 0.3) is 5.69 Å². The van der Waals surface area contributed by atoms with E-state index in [1.807, 2.05) is 48.5 Å². The van der Waals surface area contributed by atoms with Gasteiger partial charge >= 0.3 is 0 Å². The highest BCUT2D eigenvalue weighted by Gasteiger charge is 2.34. The Balaban J connectivity index is 1.49. The Morgan fingerprint density at radius 2 is 1.49 bits per heavy atom. The Morgan fingerprint density at radius 3 is 2.09 bits per heavy atom. The van der Waals surface area contributed by atoms with E-state index in [0.29, 0.717) is 42.2 Å². The molecule has 0 saturated carbocycles. The second-order valence-corrected chi connectivity index (χ2v) is 9.42. The molecule has 5 rings (SSSR count). The number of piperidine rings is 1. The van der Waals surface area contributed by atoms with E-state index >= 15 is 0 Å². The van der Waals surface area contributed by atoms with Gasteiger partial charge in [-0.25, -0.2) is 4.68 Å². The minimum atomic E-state index is -0.643. The third-order valence-electron chi connectivity index (χ3n) is 6.85. The number of benzene rings is 2. The maximum Gasteiger partial charge on any atom is 0.277 e. The molecular weight excluding hydrogens is 442 g/mol. The number of carbonyl (C=O) groups excluding carboxylic acids is 3. The Labute approximate surface area is 204 Å². The zero-order valence-corrected chi connectivity index (χ0v) is 20.0. The van der Waals surface area contributed by atoms with E-state index in [9.17, 15) is 14.4 Å². The van der Waals surface area contributed by atoms with Crippen LogP contribution in [0, 0.1) is 0 Å². The number of carbonyl (C=O) groups is 3. The van der Waals surface area contributed by atoms with Crippen LogP contribution in [-0.4, -0.2) is 40.6 Å². The minimum absolute atomic E-state index is 0.133. The van der Waals surface area contributed by atoms with Crippen LogP contribution in [0.2, 0.25) is 0 Å². The molecule has 1 saturated heterocycles. The lowest BCUT2D eigenvalue weighted by Gasteiger charge is -2.29. The summed E-state index contributed by atoms with van der Waals surface area (Å²) in [5.74, 6) is -0.372. The average molecular weight is 472 g/mol. The fraction of sp³-hybridized carbons (Fsp3) is 0.333. The van der Waals surface area contributed by atoms with Crippen LogP contribution in [0.3, 0.4) is 0 Å². The molecule has 8 nitrogen and oxygen atoms in total. The maximum absolute atomic E-state index is 13.7. The summed E-state index contributed by atoms with van der Waals surface area (Å²) in [6.45, 7) is 5.36. The van der Waals surface area contributed by atoms with E-state index in [2.05, 4.69) is 18.9 Å². The molecule has 3 amide bonds. The van der Waals surface area contributed by atoms with Gasteiger partial charge in [-0.3, -0.25) is 14.4 Å². The van der Waals surface area contributed by atoms with Crippen molar-refractivity contribution in [1.29, 1.82) is 0 Å². The van der Waals surface area contributed by atoms with Gasteiger partial charge in [-0.2, -0.15) is 5.10 Å². The van der Waals surface area contributed by atoms with Crippen LogP contribution >= 0.6 is 0 Å². The number of primary amides is 1. The molecule has 8 heteroatoms. The molecular formula is C27H29N5O3. The number of nitrogens with zero attached hydrogens (tertiary/aromatic N) is 4. The predicted molar refractivity (Wildman–Crippen MR) is 134 cm³/mol. The SMILES string of the molecule is CC(C)c1ccc(-n2nc(C(N)=O)c3c2C(=O)N(c2ccc(N4CCCCC4=O)cc2)CC3)cc1. The highest BCUT2D eigenvalue weighted by Crippen LogP contribution is 2.31. The van der Waals surface area contributed by atoms with Crippen molar-refractivity contribution in [3.05, 3.63) is 71.0 Å². The highest BCUT2D eigenvalue weighted by atomic mass is 16.2. The quantitative estimate of drug-likeness (QED) is 0.611. The summed E-state index contributed by atoms with van der Waals surface area (Å²) in [6, 6.07) is 15.3. The van der Waals surface area contributed by atoms with Crippen molar-refractivity contribution < 1.29 is 14.4 Å². The van der Waals surface area contributed by atoms with E-state index in [1.54, 1.807) is 9.80 Å². The summed E-state index contributed by atoms with van der Waals surface area (Å²) in [5, 5.41) is 4.45. The fourth-order valence-corrected chi connectivity index (χ4v) is 4.88. The molecule has 1 aromatic heterocycles. The van der Waals surface area contributed by atoms with Crippen molar-refractivity contribution in [2.45, 2.75) is 45.4 Å². The Kier molecular flexibility index (Phi) is 5.88. The van der Waals surface area contributed by atoms with Crippen molar-refractivity contribution in [2.75, 3.05) is 22.9 Å². The van der Waals surface area contributed by atoms with Gasteiger partial charge in [0.15, 0.2) is 5.69 Å².